The molecule has 0 bridgehead atoms. The van der Waals surface area contributed by atoms with Gasteiger partial charge >= 0.3 is 107 Å². The van der Waals surface area contributed by atoms with Crippen LogP contribution in [0.1, 0.15) is 11.1 Å². The number of aldehydes is 1. The monoisotopic (exact) mass is 304 g/mol. The van der Waals surface area contributed by atoms with Gasteiger partial charge in [-0.15, -0.1) is 0 Å². The van der Waals surface area contributed by atoms with Crippen LogP contribution in [-0.2, 0) is 15.6 Å². The Bertz CT molecular complexity index is 1270. The molecule has 0 radical (unpaired) electrons. The molecule has 8 atom stereocenters. The Balaban J connectivity index is 1.52. The van der Waals surface area contributed by atoms with Gasteiger partial charge in [-0.2, -0.15) is 0 Å². The average Bonchev–Trinajstić information content (AvgIpc) is 3.41. The molecular formula is C18H16FeO. The van der Waals surface area contributed by atoms with E-state index in [4.69, 9.17) is 0 Å². The molecule has 1 aromatic rings. The second-order valence-electron chi connectivity index (χ2n) is 11.8. The van der Waals surface area contributed by atoms with Crippen molar-refractivity contribution >= 4 is 6.29 Å². The molecule has 1 aromatic carbocycles. The second kappa shape index (κ2) is 0.668. The molecule has 0 amide bonds. The van der Waals surface area contributed by atoms with Crippen molar-refractivity contribution in [1.82, 2.24) is 0 Å². The Labute approximate surface area is 107 Å². The van der Waals surface area contributed by atoms with Crippen LogP contribution in [0.5, 0.6) is 0 Å². The van der Waals surface area contributed by atoms with Crippen molar-refractivity contribution < 1.29 is 11.3 Å². The summed E-state index contributed by atoms with van der Waals surface area (Å²) in [5, 5.41) is 0. The van der Waals surface area contributed by atoms with Gasteiger partial charge < -0.3 is 0 Å². The molecule has 10 heterocycles. The molecule has 10 fully saturated rings. The molecule has 0 N–H and O–H groups in total. The fourth-order valence-corrected chi connectivity index (χ4v) is 94.1. The number of hydrogen-bond donors (Lipinski definition) is 0. The molecular weight excluding hydrogens is 288 g/mol. The van der Waals surface area contributed by atoms with Crippen LogP contribution in [0, 0.1) is 6.92 Å². The molecule has 10 saturated heterocycles. The quantitative estimate of drug-likeness (QED) is 0.586. The summed E-state index contributed by atoms with van der Waals surface area (Å²) < 4.78 is 1.13. The van der Waals surface area contributed by atoms with Crippen molar-refractivity contribution in [2.45, 2.75) is 54.1 Å². The first-order valence-electron chi connectivity index (χ1n) is 8.24. The number of fused-ring (bicyclic) bond motifs is 10. The zero-order valence-electron chi connectivity index (χ0n) is 11.3. The van der Waals surface area contributed by atoms with Crippen molar-refractivity contribution in [3.05, 3.63) is 35.4 Å². The Morgan fingerprint density at radius 3 is 1.90 bits per heavy atom. The first-order chi connectivity index (χ1) is 9.49. The molecule has 1 spiro atoms. The predicted octanol–water partition coefficient (Wildman–Crippen LogP) is 4.36. The third-order valence-electron chi connectivity index (χ3n) is 16.6. The summed E-state index contributed by atoms with van der Waals surface area (Å²) in [5.41, 5.74) is 3.13. The fourth-order valence-electron chi connectivity index (χ4n) is 18.6. The van der Waals surface area contributed by atoms with Gasteiger partial charge in [0.2, 0.25) is 0 Å². The van der Waals surface area contributed by atoms with E-state index in [1.807, 2.05) is 0 Å². The normalized spacial score (nSPS) is 106. The van der Waals surface area contributed by atoms with E-state index in [1.165, 1.54) is 24.8 Å². The molecule has 0 aromatic heterocycles. The van der Waals surface area contributed by atoms with Gasteiger partial charge in [0.15, 0.2) is 0 Å². The zero-order chi connectivity index (χ0) is 12.6. The van der Waals surface area contributed by atoms with E-state index >= 15 is 0 Å². The first kappa shape index (κ1) is 7.61. The van der Waals surface area contributed by atoms with E-state index in [2.05, 4.69) is 31.2 Å². The summed E-state index contributed by atoms with van der Waals surface area (Å²) in [4.78, 5) is 21.5. The maximum absolute atomic E-state index is 12.2. The number of aryl methyl sites for hydroxylation is 1. The van der Waals surface area contributed by atoms with Crippen molar-refractivity contribution in [3.8, 4) is 0 Å². The maximum atomic E-state index is 12.2. The standard InChI is InChI=1S/C12H11.C6H5O.Fe/c1-10-6-8-12(9-7-10)11-4-2-3-5-11;7-5-6-3-1-2-4-6;/h2-9H,1H3;1-5H;. The minimum atomic E-state index is -3.42. The summed E-state index contributed by atoms with van der Waals surface area (Å²) in [7, 11) is 0. The van der Waals surface area contributed by atoms with Gasteiger partial charge in [0.1, 0.15) is 0 Å². The van der Waals surface area contributed by atoms with Crippen LogP contribution in [0.4, 0.5) is 0 Å². The fraction of sp³-hybridized carbons (Fsp3) is 0.611. The van der Waals surface area contributed by atoms with E-state index in [9.17, 15) is 4.79 Å². The topological polar surface area (TPSA) is 17.1 Å². The van der Waals surface area contributed by atoms with E-state index < -0.39 is 6.51 Å². The molecule has 20 heavy (non-hydrogen) atoms. The van der Waals surface area contributed by atoms with Crippen LogP contribution in [-0.4, -0.2) is 6.29 Å². The Morgan fingerprint density at radius 1 is 0.950 bits per heavy atom. The predicted molar refractivity (Wildman–Crippen MR) is 71.6 cm³/mol. The van der Waals surface area contributed by atoms with Gasteiger partial charge in [-0.05, 0) is 0 Å². The third-order valence-corrected chi connectivity index (χ3v) is 59.5. The van der Waals surface area contributed by atoms with Gasteiger partial charge in [-0.25, -0.2) is 0 Å². The van der Waals surface area contributed by atoms with Crippen molar-refractivity contribution in [1.29, 1.82) is 0 Å². The van der Waals surface area contributed by atoms with Gasteiger partial charge in [0.25, 0.3) is 0 Å². The number of hydrogen-bond acceptors (Lipinski definition) is 1. The number of carbonyl (C=O) groups is 1. The number of carbonyl (C=O) groups excluding carboxylic acids is 1. The number of rotatable bonds is 2. The zero-order valence-corrected chi connectivity index (χ0v) is 12.4. The molecule has 102 valence electrons. The molecule has 11 rings (SSSR count). The summed E-state index contributed by atoms with van der Waals surface area (Å²) in [6, 6.07) is 9.65. The summed E-state index contributed by atoms with van der Waals surface area (Å²) in [6.45, 7) is -1.22. The van der Waals surface area contributed by atoms with Crippen molar-refractivity contribution in [2.75, 3.05) is 0 Å². The SMILES string of the molecule is Cc1ccc([C]23[CH]4[CH]5[CH]6[CH]2[Fe]56432789[CH]3[CH]2[CH]7[C]8(C=O)[CH]39)cc1. The number of benzene rings is 1. The average molecular weight is 304 g/mol. The van der Waals surface area contributed by atoms with Gasteiger partial charge in [-0.1, -0.05) is 0 Å². The Morgan fingerprint density at radius 2 is 1.50 bits per heavy atom. The van der Waals surface area contributed by atoms with Crippen LogP contribution in [0.15, 0.2) is 24.3 Å². The van der Waals surface area contributed by atoms with Crippen molar-refractivity contribution in [2.24, 2.45) is 0 Å². The molecule has 8 unspecified atom stereocenters. The molecule has 10 aliphatic rings. The minimum absolute atomic E-state index is 0.416. The van der Waals surface area contributed by atoms with Gasteiger partial charge in [0, 0.05) is 0 Å². The second-order valence-corrected chi connectivity index (χ2v) is 35.1. The summed E-state index contributed by atoms with van der Waals surface area (Å²) >= 11 is 0. The van der Waals surface area contributed by atoms with Gasteiger partial charge in [0.05, 0.1) is 0 Å². The van der Waals surface area contributed by atoms with E-state index in [0.717, 1.165) is 19.3 Å². The third kappa shape index (κ3) is 0.0785. The summed E-state index contributed by atoms with van der Waals surface area (Å²) in [6.07, 6.45) is 1.59. The molecule has 10 aliphatic heterocycles. The van der Waals surface area contributed by atoms with Crippen LogP contribution in [0.3, 0.4) is 0 Å². The molecule has 0 saturated carbocycles. The van der Waals surface area contributed by atoms with Gasteiger partial charge in [-0.3, -0.25) is 0 Å². The van der Waals surface area contributed by atoms with E-state index in [-0.39, 0.29) is 0 Å². The molecule has 2 heteroatoms. The van der Waals surface area contributed by atoms with Crippen LogP contribution < -0.4 is 0 Å². The van der Waals surface area contributed by atoms with Crippen molar-refractivity contribution in [3.63, 3.8) is 0 Å². The molecule has 1 nitrogen and oxygen atoms in total. The van der Waals surface area contributed by atoms with Crippen LogP contribution in [0.2, 0.25) is 42.8 Å². The van der Waals surface area contributed by atoms with E-state index in [0.29, 0.717) is 8.63 Å². The molecule has 0 aliphatic carbocycles. The van der Waals surface area contributed by atoms with E-state index in [1.54, 1.807) is 11.8 Å². The Kier molecular flexibility index (Phi) is 0.254. The van der Waals surface area contributed by atoms with Crippen LogP contribution >= 0.6 is 0 Å². The first-order valence-corrected chi connectivity index (χ1v) is 14.4. The van der Waals surface area contributed by atoms with Crippen LogP contribution in [0.25, 0.3) is 0 Å². The Hall–Kier alpha value is -0.591. The summed E-state index contributed by atoms with van der Waals surface area (Å²) in [5.74, 6) is 0.